The Hall–Kier alpha value is -5.12. The summed E-state index contributed by atoms with van der Waals surface area (Å²) in [5.74, 6) is -6.57. The van der Waals surface area contributed by atoms with Crippen LogP contribution in [0.25, 0.3) is 10.9 Å². The molecule has 0 spiro atoms. The van der Waals surface area contributed by atoms with E-state index >= 15 is 0 Å². The van der Waals surface area contributed by atoms with Gasteiger partial charge in [-0.15, -0.1) is 0 Å². The average molecular weight is 615 g/mol. The Labute approximate surface area is 251 Å². The molecule has 15 nitrogen and oxygen atoms in total. The molecule has 3 aromatic rings. The number of nitrogens with zero attached hydrogens (tertiary/aromatic N) is 3. The zero-order valence-electron chi connectivity index (χ0n) is 23.8. The van der Waals surface area contributed by atoms with Crippen LogP contribution in [0.5, 0.6) is 5.75 Å². The van der Waals surface area contributed by atoms with Gasteiger partial charge in [0.25, 0.3) is 5.91 Å². The second-order valence-electron chi connectivity index (χ2n) is 9.28. The van der Waals surface area contributed by atoms with Crippen LogP contribution in [0, 0.1) is 0 Å². The van der Waals surface area contributed by atoms with Crippen molar-refractivity contribution >= 4 is 40.7 Å². The first-order chi connectivity index (χ1) is 20.9. The Kier molecular flexibility index (Phi) is 14.1. The Morgan fingerprint density at radius 2 is 1.41 bits per heavy atom. The van der Waals surface area contributed by atoms with Gasteiger partial charge < -0.3 is 35.6 Å². The van der Waals surface area contributed by atoms with E-state index in [0.29, 0.717) is 18.7 Å². The number of aromatic nitrogens is 1. The predicted octanol–water partition coefficient (Wildman–Crippen LogP) is 0.636. The maximum absolute atomic E-state index is 12.1. The number of benzene rings is 2. The number of β-amino-alcohol motifs (C(OH)–C–C–N with tert-alkyl or cyclic N) is 1. The monoisotopic (exact) mass is 614 g/mol. The quantitative estimate of drug-likeness (QED) is 0.191. The Balaban J connectivity index is 0.000000477. The maximum Gasteiger partial charge on any atom is 0.414 e. The highest BCUT2D eigenvalue weighted by molar-refractivity contribution is 6.27. The molecule has 2 heterocycles. The van der Waals surface area contributed by atoms with Gasteiger partial charge in [-0.1, -0.05) is 18.2 Å². The third-order valence-corrected chi connectivity index (χ3v) is 6.35. The number of aliphatic hydroxyl groups is 1. The fourth-order valence-corrected chi connectivity index (χ4v) is 4.12. The number of amides is 1. The van der Waals surface area contributed by atoms with Gasteiger partial charge in [-0.25, -0.2) is 19.2 Å². The van der Waals surface area contributed by atoms with E-state index in [2.05, 4.69) is 20.1 Å². The molecule has 1 saturated heterocycles. The van der Waals surface area contributed by atoms with E-state index in [1.807, 2.05) is 54.6 Å². The number of carbonyl (C=O) groups is 5. The summed E-state index contributed by atoms with van der Waals surface area (Å²) >= 11 is 0. The topological polar surface area (TPSA) is 227 Å². The Bertz CT molecular complexity index is 1380. The van der Waals surface area contributed by atoms with Gasteiger partial charge in [0.2, 0.25) is 0 Å². The minimum absolute atomic E-state index is 0.0337. The van der Waals surface area contributed by atoms with Crippen LogP contribution in [0.3, 0.4) is 0 Å². The van der Waals surface area contributed by atoms with Crippen LogP contribution in [0.15, 0.2) is 60.8 Å². The Morgan fingerprint density at radius 3 is 1.95 bits per heavy atom. The lowest BCUT2D eigenvalue weighted by Crippen LogP contribution is -2.49. The number of aliphatic carboxylic acids is 4. The number of carboxylic acid groups (broad SMARTS) is 4. The number of piperazine rings is 1. The van der Waals surface area contributed by atoms with Crippen molar-refractivity contribution in [1.29, 1.82) is 0 Å². The first-order valence-corrected chi connectivity index (χ1v) is 13.2. The van der Waals surface area contributed by atoms with Gasteiger partial charge in [0.15, 0.2) is 0 Å². The molecule has 4 rings (SSSR count). The van der Waals surface area contributed by atoms with Crippen LogP contribution in [0.1, 0.15) is 22.0 Å². The standard InChI is InChI=1S/C25H30N4O3.2C2H2O4/c1-32-20-7-8-23-22(17-20)21(9-10-26-23)24(30)18-29-15-13-28(14-16-29)12-11-27-25(31)19-5-3-2-4-6-19;2*3-1(4)2(5)6/h2-10,17,24,30H,11-16,18H2,1H3,(H,27,31);2*(H,3,4)(H,5,6)/t24-;;/m0../s1. The molecule has 0 unspecified atom stereocenters. The summed E-state index contributed by atoms with van der Waals surface area (Å²) < 4.78 is 5.34. The van der Waals surface area contributed by atoms with E-state index in [1.165, 1.54) is 0 Å². The molecule has 1 atom stereocenters. The van der Waals surface area contributed by atoms with Crippen LogP contribution >= 0.6 is 0 Å². The lowest BCUT2D eigenvalue weighted by Gasteiger charge is -2.35. The van der Waals surface area contributed by atoms with Gasteiger partial charge in [0.1, 0.15) is 5.75 Å². The van der Waals surface area contributed by atoms with Gasteiger partial charge in [0, 0.05) is 63.0 Å². The molecule has 6 N–H and O–H groups in total. The van der Waals surface area contributed by atoms with Crippen molar-refractivity contribution in [3.8, 4) is 5.75 Å². The fourth-order valence-electron chi connectivity index (χ4n) is 4.12. The normalized spacial score (nSPS) is 13.7. The number of rotatable bonds is 8. The molecular weight excluding hydrogens is 580 g/mol. The average Bonchev–Trinajstić information content (AvgIpc) is 3.02. The number of ether oxygens (including phenoxy) is 1. The molecule has 2 aromatic carbocycles. The van der Waals surface area contributed by atoms with E-state index in [1.54, 1.807) is 13.3 Å². The number of hydrogen-bond donors (Lipinski definition) is 6. The minimum atomic E-state index is -1.82. The molecule has 0 radical (unpaired) electrons. The highest BCUT2D eigenvalue weighted by atomic mass is 16.5. The summed E-state index contributed by atoms with van der Waals surface area (Å²) in [5.41, 5.74) is 2.41. The third kappa shape index (κ3) is 11.6. The predicted molar refractivity (Wildman–Crippen MR) is 155 cm³/mol. The maximum atomic E-state index is 12.1. The van der Waals surface area contributed by atoms with Crippen molar-refractivity contribution in [3.05, 3.63) is 71.9 Å². The molecule has 1 amide bonds. The number of pyridine rings is 1. The van der Waals surface area contributed by atoms with E-state index in [-0.39, 0.29) is 5.91 Å². The summed E-state index contributed by atoms with van der Waals surface area (Å²) in [5, 5.41) is 44.4. The SMILES string of the molecule is COc1ccc2nccc([C@@H](O)CN3CCN(CCNC(=O)c4ccccc4)CC3)c2c1.O=C(O)C(=O)O.O=C(O)C(=O)O. The van der Waals surface area contributed by atoms with E-state index in [4.69, 9.17) is 44.3 Å². The summed E-state index contributed by atoms with van der Waals surface area (Å²) in [4.78, 5) is 57.6. The Morgan fingerprint density at radius 1 is 0.841 bits per heavy atom. The minimum Gasteiger partial charge on any atom is -0.497 e. The smallest absolute Gasteiger partial charge is 0.414 e. The molecular formula is C29H34N4O11. The lowest BCUT2D eigenvalue weighted by molar-refractivity contribution is -0.159. The van der Waals surface area contributed by atoms with Crippen LogP contribution in [-0.4, -0.2) is 123 Å². The number of aliphatic hydroxyl groups excluding tert-OH is 1. The second-order valence-corrected chi connectivity index (χ2v) is 9.28. The van der Waals surface area contributed by atoms with Crippen LogP contribution in [0.4, 0.5) is 0 Å². The molecule has 44 heavy (non-hydrogen) atoms. The zero-order chi connectivity index (χ0) is 32.6. The largest absolute Gasteiger partial charge is 0.497 e. The number of carboxylic acids is 4. The molecule has 15 heteroatoms. The number of methoxy groups -OCH3 is 1. The van der Waals surface area contributed by atoms with Crippen molar-refractivity contribution in [1.82, 2.24) is 20.1 Å². The van der Waals surface area contributed by atoms with Crippen molar-refractivity contribution in [2.75, 3.05) is 52.9 Å². The molecule has 1 aliphatic heterocycles. The van der Waals surface area contributed by atoms with Crippen LogP contribution in [-0.2, 0) is 19.2 Å². The first kappa shape index (κ1) is 35.1. The van der Waals surface area contributed by atoms with Gasteiger partial charge in [-0.3, -0.25) is 19.6 Å². The van der Waals surface area contributed by atoms with Crippen molar-refractivity contribution in [3.63, 3.8) is 0 Å². The van der Waals surface area contributed by atoms with Gasteiger partial charge in [-0.05, 0) is 42.0 Å². The number of nitrogens with one attached hydrogen (secondary N) is 1. The molecule has 1 aliphatic rings. The third-order valence-electron chi connectivity index (χ3n) is 6.35. The van der Waals surface area contributed by atoms with Gasteiger partial charge in [0.05, 0.1) is 18.7 Å². The number of carbonyl (C=O) groups excluding carboxylic acids is 1. The number of fused-ring (bicyclic) bond motifs is 1. The van der Waals surface area contributed by atoms with E-state index in [0.717, 1.165) is 54.9 Å². The highest BCUT2D eigenvalue weighted by Crippen LogP contribution is 2.27. The van der Waals surface area contributed by atoms with E-state index < -0.39 is 30.0 Å². The first-order valence-electron chi connectivity index (χ1n) is 13.2. The van der Waals surface area contributed by atoms with E-state index in [9.17, 15) is 9.90 Å². The van der Waals surface area contributed by atoms with Gasteiger partial charge in [-0.2, -0.15) is 0 Å². The molecule has 0 aliphatic carbocycles. The zero-order valence-corrected chi connectivity index (χ0v) is 23.8. The summed E-state index contributed by atoms with van der Waals surface area (Å²) in [6.45, 7) is 5.63. The molecule has 1 aromatic heterocycles. The molecule has 0 bridgehead atoms. The van der Waals surface area contributed by atoms with Crippen LogP contribution < -0.4 is 10.1 Å². The van der Waals surface area contributed by atoms with Crippen molar-refractivity contribution in [2.24, 2.45) is 0 Å². The van der Waals surface area contributed by atoms with Crippen LogP contribution in [0.2, 0.25) is 0 Å². The van der Waals surface area contributed by atoms with Gasteiger partial charge >= 0.3 is 23.9 Å². The molecule has 1 fully saturated rings. The highest BCUT2D eigenvalue weighted by Gasteiger charge is 2.21. The lowest BCUT2D eigenvalue weighted by atomic mass is 10.0. The van der Waals surface area contributed by atoms with Crippen molar-refractivity contribution < 1.29 is 54.2 Å². The summed E-state index contributed by atoms with van der Waals surface area (Å²) in [6.07, 6.45) is 1.15. The van der Waals surface area contributed by atoms with Crippen molar-refractivity contribution in [2.45, 2.75) is 6.10 Å². The summed E-state index contributed by atoms with van der Waals surface area (Å²) in [6, 6.07) is 16.9. The molecule has 0 saturated carbocycles. The molecule has 236 valence electrons. The fraction of sp³-hybridized carbons (Fsp3) is 0.310. The summed E-state index contributed by atoms with van der Waals surface area (Å²) in [7, 11) is 1.64. The number of hydrogen-bond acceptors (Lipinski definition) is 10. The second kappa shape index (κ2) is 17.7.